The molecule has 1 fully saturated rings. The van der Waals surface area contributed by atoms with Crippen LogP contribution in [0.15, 0.2) is 4.52 Å². The van der Waals surface area contributed by atoms with Gasteiger partial charge in [0.2, 0.25) is 11.8 Å². The van der Waals surface area contributed by atoms with Crippen molar-refractivity contribution in [1.29, 1.82) is 0 Å². The van der Waals surface area contributed by atoms with Crippen LogP contribution in [0, 0.1) is 0 Å². The lowest BCUT2D eigenvalue weighted by atomic mass is 10.1. The van der Waals surface area contributed by atoms with Crippen LogP contribution in [0.25, 0.3) is 0 Å². The van der Waals surface area contributed by atoms with Crippen LogP contribution in [0.2, 0.25) is 0 Å². The van der Waals surface area contributed by atoms with E-state index < -0.39 is 0 Å². The van der Waals surface area contributed by atoms with Gasteiger partial charge in [-0.3, -0.25) is 4.79 Å². The van der Waals surface area contributed by atoms with Crippen molar-refractivity contribution in [1.82, 2.24) is 20.8 Å². The maximum Gasteiger partial charge on any atom is 0.239 e. The van der Waals surface area contributed by atoms with E-state index in [0.29, 0.717) is 37.8 Å². The van der Waals surface area contributed by atoms with Crippen molar-refractivity contribution in [3.8, 4) is 0 Å². The van der Waals surface area contributed by atoms with E-state index in [2.05, 4.69) is 20.8 Å². The van der Waals surface area contributed by atoms with Crippen LogP contribution in [0.5, 0.6) is 0 Å². The van der Waals surface area contributed by atoms with Gasteiger partial charge < -0.3 is 19.9 Å². The molecule has 106 valence electrons. The fourth-order valence-electron chi connectivity index (χ4n) is 1.97. The van der Waals surface area contributed by atoms with Crippen LogP contribution < -0.4 is 10.6 Å². The molecule has 0 radical (unpaired) electrons. The second kappa shape index (κ2) is 6.63. The molecule has 19 heavy (non-hydrogen) atoms. The number of amides is 1. The van der Waals surface area contributed by atoms with Crippen LogP contribution in [0.3, 0.4) is 0 Å². The maximum atomic E-state index is 11.9. The third kappa shape index (κ3) is 3.74. The van der Waals surface area contributed by atoms with Gasteiger partial charge in [0.15, 0.2) is 5.82 Å². The smallest absolute Gasteiger partial charge is 0.239 e. The van der Waals surface area contributed by atoms with Gasteiger partial charge in [-0.15, -0.1) is 0 Å². The highest BCUT2D eigenvalue weighted by atomic mass is 16.5. The van der Waals surface area contributed by atoms with E-state index in [9.17, 15) is 4.79 Å². The molecule has 0 aliphatic carbocycles. The number of aryl methyl sites for hydroxylation is 1. The Balaban J connectivity index is 1.74. The Bertz CT molecular complexity index is 421. The number of nitrogens with zero attached hydrogens (tertiary/aromatic N) is 2. The maximum absolute atomic E-state index is 11.9. The number of ether oxygens (including phenoxy) is 1. The molecule has 7 heteroatoms. The van der Waals surface area contributed by atoms with Crippen LogP contribution in [-0.4, -0.2) is 47.9 Å². The van der Waals surface area contributed by atoms with Gasteiger partial charge in [-0.05, 0) is 6.92 Å². The largest absolute Gasteiger partial charge is 0.375 e. The van der Waals surface area contributed by atoms with Gasteiger partial charge in [0, 0.05) is 25.9 Å². The average molecular weight is 268 g/mol. The van der Waals surface area contributed by atoms with Gasteiger partial charge in [0.25, 0.3) is 0 Å². The summed E-state index contributed by atoms with van der Waals surface area (Å²) in [6.45, 7) is 5.69. The van der Waals surface area contributed by atoms with Crippen LogP contribution in [0.4, 0.5) is 0 Å². The van der Waals surface area contributed by atoms with E-state index in [1.165, 1.54) is 0 Å². The summed E-state index contributed by atoms with van der Waals surface area (Å²) in [4.78, 5) is 16.1. The molecule has 0 aromatic carbocycles. The predicted octanol–water partition coefficient (Wildman–Crippen LogP) is -0.332. The second-order valence-corrected chi connectivity index (χ2v) is 4.51. The lowest BCUT2D eigenvalue weighted by molar-refractivity contribution is -0.128. The molecule has 2 rings (SSSR count). The van der Waals surface area contributed by atoms with Gasteiger partial charge in [-0.1, -0.05) is 12.1 Å². The zero-order valence-corrected chi connectivity index (χ0v) is 11.3. The normalized spacial score (nSPS) is 23.3. The summed E-state index contributed by atoms with van der Waals surface area (Å²) < 4.78 is 10.4. The molecule has 2 N–H and O–H groups in total. The van der Waals surface area contributed by atoms with E-state index in [0.717, 1.165) is 6.42 Å². The number of rotatable bonds is 5. The number of morpholine rings is 1. The van der Waals surface area contributed by atoms with Crippen LogP contribution in [0.1, 0.15) is 25.6 Å². The Morgan fingerprint density at radius 2 is 2.42 bits per heavy atom. The molecule has 2 heterocycles. The minimum atomic E-state index is -0.287. The molecule has 0 unspecified atom stereocenters. The fraction of sp³-hybridized carbons (Fsp3) is 0.750. The lowest BCUT2D eigenvalue weighted by Crippen LogP contribution is -2.55. The molecule has 1 saturated heterocycles. The lowest BCUT2D eigenvalue weighted by Gasteiger charge is -2.29. The van der Waals surface area contributed by atoms with Gasteiger partial charge in [0.1, 0.15) is 6.04 Å². The van der Waals surface area contributed by atoms with Crippen molar-refractivity contribution < 1.29 is 14.1 Å². The Morgan fingerprint density at radius 3 is 3.11 bits per heavy atom. The molecule has 1 aliphatic rings. The monoisotopic (exact) mass is 268 g/mol. The Morgan fingerprint density at radius 1 is 1.58 bits per heavy atom. The van der Waals surface area contributed by atoms with Crippen molar-refractivity contribution in [2.75, 3.05) is 19.7 Å². The molecule has 7 nitrogen and oxygen atoms in total. The first-order valence-electron chi connectivity index (χ1n) is 6.65. The number of carbonyl (C=O) groups is 1. The van der Waals surface area contributed by atoms with E-state index in [4.69, 9.17) is 9.26 Å². The molecule has 2 atom stereocenters. The Kier molecular flexibility index (Phi) is 4.86. The van der Waals surface area contributed by atoms with Crippen molar-refractivity contribution in [2.24, 2.45) is 0 Å². The summed E-state index contributed by atoms with van der Waals surface area (Å²) in [5.41, 5.74) is 0. The summed E-state index contributed by atoms with van der Waals surface area (Å²) in [6.07, 6.45) is 1.18. The third-order valence-corrected chi connectivity index (χ3v) is 3.06. The number of aromatic nitrogens is 2. The third-order valence-electron chi connectivity index (χ3n) is 3.06. The van der Waals surface area contributed by atoms with Gasteiger partial charge in [-0.25, -0.2) is 0 Å². The van der Waals surface area contributed by atoms with E-state index in [1.54, 1.807) is 0 Å². The highest BCUT2D eigenvalue weighted by Crippen LogP contribution is 2.04. The zero-order valence-electron chi connectivity index (χ0n) is 11.3. The van der Waals surface area contributed by atoms with Gasteiger partial charge in [-0.2, -0.15) is 4.98 Å². The molecule has 1 aromatic rings. The van der Waals surface area contributed by atoms with E-state index >= 15 is 0 Å². The van der Waals surface area contributed by atoms with Gasteiger partial charge >= 0.3 is 0 Å². The number of carbonyl (C=O) groups excluding carboxylic acids is 1. The second-order valence-electron chi connectivity index (χ2n) is 4.51. The summed E-state index contributed by atoms with van der Waals surface area (Å²) in [7, 11) is 0. The van der Waals surface area contributed by atoms with Gasteiger partial charge in [0.05, 0.1) is 12.7 Å². The Hall–Kier alpha value is -1.47. The first kappa shape index (κ1) is 14.0. The van der Waals surface area contributed by atoms with Crippen molar-refractivity contribution >= 4 is 5.91 Å². The molecular weight excluding hydrogens is 248 g/mol. The molecule has 0 bridgehead atoms. The molecular formula is C12H20N4O3. The molecule has 0 saturated carbocycles. The van der Waals surface area contributed by atoms with Crippen LogP contribution in [-0.2, 0) is 22.4 Å². The highest BCUT2D eigenvalue weighted by Gasteiger charge is 2.27. The summed E-state index contributed by atoms with van der Waals surface area (Å²) in [5.74, 6) is 1.20. The fourth-order valence-corrected chi connectivity index (χ4v) is 1.97. The zero-order chi connectivity index (χ0) is 13.7. The number of nitrogens with one attached hydrogen (secondary N) is 2. The van der Waals surface area contributed by atoms with E-state index in [1.807, 2.05) is 13.8 Å². The summed E-state index contributed by atoms with van der Waals surface area (Å²) >= 11 is 0. The number of hydrogen-bond donors (Lipinski definition) is 2. The SMILES string of the molecule is CCc1nc(CCNC(=O)[C@H]2NCCO[C@@H]2C)no1. The first-order chi connectivity index (χ1) is 9.20. The topological polar surface area (TPSA) is 89.3 Å². The Labute approximate surface area is 112 Å². The summed E-state index contributed by atoms with van der Waals surface area (Å²) in [6, 6.07) is -0.287. The molecule has 1 aliphatic heterocycles. The quantitative estimate of drug-likeness (QED) is 0.760. The van der Waals surface area contributed by atoms with Crippen molar-refractivity contribution in [3.05, 3.63) is 11.7 Å². The molecule has 1 amide bonds. The van der Waals surface area contributed by atoms with Crippen LogP contribution >= 0.6 is 0 Å². The molecule has 0 spiro atoms. The van der Waals surface area contributed by atoms with Crippen molar-refractivity contribution in [3.63, 3.8) is 0 Å². The average Bonchev–Trinajstić information content (AvgIpc) is 2.87. The predicted molar refractivity (Wildman–Crippen MR) is 67.6 cm³/mol. The van der Waals surface area contributed by atoms with Crippen molar-refractivity contribution in [2.45, 2.75) is 38.8 Å². The highest BCUT2D eigenvalue weighted by molar-refractivity contribution is 5.82. The summed E-state index contributed by atoms with van der Waals surface area (Å²) in [5, 5.41) is 9.83. The van der Waals surface area contributed by atoms with E-state index in [-0.39, 0.29) is 18.1 Å². The number of hydrogen-bond acceptors (Lipinski definition) is 6. The minimum absolute atomic E-state index is 0.0496. The first-order valence-corrected chi connectivity index (χ1v) is 6.65. The minimum Gasteiger partial charge on any atom is -0.375 e. The molecule has 1 aromatic heterocycles. The standard InChI is InChI=1S/C12H20N4O3/c1-3-10-15-9(16-19-10)4-5-14-12(17)11-8(2)18-7-6-13-11/h8,11,13H,3-7H2,1-2H3,(H,14,17)/t8-,11+/m1/s1.